The normalized spacial score (nSPS) is 20.0. The predicted molar refractivity (Wildman–Crippen MR) is 106 cm³/mol. The molecule has 0 spiro atoms. The summed E-state index contributed by atoms with van der Waals surface area (Å²) in [5, 5.41) is 4.61. The van der Waals surface area contributed by atoms with Crippen LogP contribution in [0.3, 0.4) is 0 Å². The third kappa shape index (κ3) is 3.13. The SMILES string of the molecule is Cc1cnc2c(Nc3cccc(C4(C)COCC(N)=N4)c3)cccc2c1. The maximum atomic E-state index is 5.88. The Kier molecular flexibility index (Phi) is 4.09. The number of benzene rings is 2. The van der Waals surface area contributed by atoms with Gasteiger partial charge in [-0.2, -0.15) is 0 Å². The number of hydrogen-bond donors (Lipinski definition) is 2. The summed E-state index contributed by atoms with van der Waals surface area (Å²) in [7, 11) is 0. The van der Waals surface area contributed by atoms with E-state index in [0.29, 0.717) is 19.0 Å². The van der Waals surface area contributed by atoms with Gasteiger partial charge < -0.3 is 15.8 Å². The van der Waals surface area contributed by atoms with E-state index < -0.39 is 5.54 Å². The van der Waals surface area contributed by atoms with Crippen LogP contribution >= 0.6 is 0 Å². The van der Waals surface area contributed by atoms with E-state index in [2.05, 4.69) is 46.5 Å². The number of amidine groups is 1. The first-order valence-electron chi connectivity index (χ1n) is 8.68. The number of pyridine rings is 1. The molecule has 3 N–H and O–H groups in total. The number of rotatable bonds is 3. The summed E-state index contributed by atoms with van der Waals surface area (Å²) in [6, 6.07) is 16.5. The summed E-state index contributed by atoms with van der Waals surface area (Å²) < 4.78 is 5.59. The van der Waals surface area contributed by atoms with Crippen molar-refractivity contribution in [1.29, 1.82) is 0 Å². The van der Waals surface area contributed by atoms with Gasteiger partial charge in [-0.1, -0.05) is 24.3 Å². The zero-order valence-corrected chi connectivity index (χ0v) is 15.0. The lowest BCUT2D eigenvalue weighted by molar-refractivity contribution is 0.106. The van der Waals surface area contributed by atoms with Gasteiger partial charge in [0.2, 0.25) is 0 Å². The lowest BCUT2D eigenvalue weighted by Crippen LogP contribution is -2.37. The molecule has 2 aromatic carbocycles. The summed E-state index contributed by atoms with van der Waals surface area (Å²) >= 11 is 0. The van der Waals surface area contributed by atoms with Crippen molar-refractivity contribution in [2.45, 2.75) is 19.4 Å². The molecule has 1 aromatic heterocycles. The molecule has 4 rings (SSSR count). The van der Waals surface area contributed by atoms with Crippen LogP contribution in [0, 0.1) is 6.92 Å². The minimum Gasteiger partial charge on any atom is -0.386 e. The summed E-state index contributed by atoms with van der Waals surface area (Å²) in [6.07, 6.45) is 1.89. The van der Waals surface area contributed by atoms with Gasteiger partial charge in [0.15, 0.2) is 0 Å². The molecule has 132 valence electrons. The number of aromatic nitrogens is 1. The fourth-order valence-electron chi connectivity index (χ4n) is 3.34. The van der Waals surface area contributed by atoms with Crippen molar-refractivity contribution in [1.82, 2.24) is 4.98 Å². The van der Waals surface area contributed by atoms with Gasteiger partial charge in [0.05, 0.1) is 17.8 Å². The van der Waals surface area contributed by atoms with E-state index >= 15 is 0 Å². The highest BCUT2D eigenvalue weighted by Crippen LogP contribution is 2.31. The minimum atomic E-state index is -0.464. The quantitative estimate of drug-likeness (QED) is 0.755. The van der Waals surface area contributed by atoms with E-state index in [4.69, 9.17) is 10.5 Å². The van der Waals surface area contributed by atoms with Crippen LogP contribution in [0.15, 0.2) is 59.7 Å². The number of para-hydroxylation sites is 1. The lowest BCUT2D eigenvalue weighted by Gasteiger charge is -2.30. The third-order valence-electron chi connectivity index (χ3n) is 4.63. The summed E-state index contributed by atoms with van der Waals surface area (Å²) in [5.74, 6) is 0.533. The van der Waals surface area contributed by atoms with Crippen LogP contribution in [0.5, 0.6) is 0 Å². The Hall–Kier alpha value is -2.92. The molecule has 1 aliphatic heterocycles. The van der Waals surface area contributed by atoms with Crippen LogP contribution in [0.4, 0.5) is 11.4 Å². The Morgan fingerprint density at radius 2 is 2.00 bits per heavy atom. The maximum absolute atomic E-state index is 5.88. The second-order valence-corrected chi connectivity index (χ2v) is 6.97. The van der Waals surface area contributed by atoms with E-state index in [0.717, 1.165) is 33.4 Å². The zero-order chi connectivity index (χ0) is 18.1. The first-order valence-corrected chi connectivity index (χ1v) is 8.68. The number of anilines is 2. The van der Waals surface area contributed by atoms with Gasteiger partial charge in [-0.05, 0) is 49.2 Å². The molecule has 2 heterocycles. The van der Waals surface area contributed by atoms with Gasteiger partial charge >= 0.3 is 0 Å². The van der Waals surface area contributed by atoms with Gasteiger partial charge in [-0.3, -0.25) is 9.98 Å². The average molecular weight is 346 g/mol. The van der Waals surface area contributed by atoms with Crippen LogP contribution in [-0.4, -0.2) is 24.0 Å². The van der Waals surface area contributed by atoms with Crippen molar-refractivity contribution in [3.63, 3.8) is 0 Å². The Morgan fingerprint density at radius 1 is 1.15 bits per heavy atom. The molecule has 26 heavy (non-hydrogen) atoms. The molecule has 0 saturated carbocycles. The summed E-state index contributed by atoms with van der Waals surface area (Å²) in [4.78, 5) is 9.21. The number of fused-ring (bicyclic) bond motifs is 1. The number of ether oxygens (including phenoxy) is 1. The van der Waals surface area contributed by atoms with Crippen molar-refractivity contribution in [2.24, 2.45) is 10.7 Å². The highest BCUT2D eigenvalue weighted by molar-refractivity contribution is 5.92. The van der Waals surface area contributed by atoms with E-state index in [1.807, 2.05) is 37.4 Å². The molecule has 0 bridgehead atoms. The second-order valence-electron chi connectivity index (χ2n) is 6.97. The number of nitrogens with one attached hydrogen (secondary N) is 1. The molecule has 5 nitrogen and oxygen atoms in total. The number of nitrogens with two attached hydrogens (primary N) is 1. The Morgan fingerprint density at radius 3 is 2.85 bits per heavy atom. The fourth-order valence-corrected chi connectivity index (χ4v) is 3.34. The van der Waals surface area contributed by atoms with Crippen LogP contribution in [0.25, 0.3) is 10.9 Å². The van der Waals surface area contributed by atoms with E-state index in [1.54, 1.807) is 0 Å². The molecule has 1 unspecified atom stereocenters. The molecule has 5 heteroatoms. The molecule has 0 radical (unpaired) electrons. The number of aliphatic imine (C=N–C) groups is 1. The van der Waals surface area contributed by atoms with Gasteiger partial charge in [0, 0.05) is 17.3 Å². The zero-order valence-electron chi connectivity index (χ0n) is 15.0. The van der Waals surface area contributed by atoms with E-state index in [-0.39, 0.29) is 0 Å². The van der Waals surface area contributed by atoms with Crippen molar-refractivity contribution < 1.29 is 4.74 Å². The minimum absolute atomic E-state index is 0.397. The lowest BCUT2D eigenvalue weighted by atomic mass is 9.92. The van der Waals surface area contributed by atoms with Gasteiger partial charge in [-0.25, -0.2) is 0 Å². The molecular weight excluding hydrogens is 324 g/mol. The number of aryl methyl sites for hydroxylation is 1. The molecule has 0 fully saturated rings. The Balaban J connectivity index is 1.69. The Labute approximate surface area is 152 Å². The van der Waals surface area contributed by atoms with Crippen LogP contribution in [0.2, 0.25) is 0 Å². The van der Waals surface area contributed by atoms with E-state index in [9.17, 15) is 0 Å². The smallest absolute Gasteiger partial charge is 0.121 e. The molecule has 3 aromatic rings. The van der Waals surface area contributed by atoms with Crippen molar-refractivity contribution in [2.75, 3.05) is 18.5 Å². The summed E-state index contributed by atoms with van der Waals surface area (Å²) in [6.45, 7) is 5.01. The molecular formula is C21H22N4O. The van der Waals surface area contributed by atoms with Crippen LogP contribution in [-0.2, 0) is 10.3 Å². The van der Waals surface area contributed by atoms with Crippen molar-refractivity contribution in [3.05, 3.63) is 65.9 Å². The monoisotopic (exact) mass is 346 g/mol. The highest BCUT2D eigenvalue weighted by atomic mass is 16.5. The molecule has 1 aliphatic rings. The number of nitrogens with zero attached hydrogens (tertiary/aromatic N) is 2. The second kappa shape index (κ2) is 6.42. The standard InChI is InChI=1S/C21H22N4O/c1-14-9-15-5-3-8-18(20(15)23-11-14)24-17-7-4-6-16(10-17)21(2)13-26-12-19(22)25-21/h3-11,24H,12-13H2,1-2H3,(H2,22,25). The molecule has 0 amide bonds. The third-order valence-corrected chi connectivity index (χ3v) is 4.63. The highest BCUT2D eigenvalue weighted by Gasteiger charge is 2.30. The van der Waals surface area contributed by atoms with Crippen LogP contribution < -0.4 is 11.1 Å². The van der Waals surface area contributed by atoms with Crippen molar-refractivity contribution in [3.8, 4) is 0 Å². The molecule has 0 aliphatic carbocycles. The number of hydrogen-bond acceptors (Lipinski definition) is 5. The molecule has 1 atom stereocenters. The van der Waals surface area contributed by atoms with Gasteiger partial charge in [-0.15, -0.1) is 0 Å². The largest absolute Gasteiger partial charge is 0.386 e. The van der Waals surface area contributed by atoms with Gasteiger partial charge in [0.25, 0.3) is 0 Å². The fraction of sp³-hybridized carbons (Fsp3) is 0.238. The van der Waals surface area contributed by atoms with Gasteiger partial charge in [0.1, 0.15) is 18.0 Å². The maximum Gasteiger partial charge on any atom is 0.121 e. The first-order chi connectivity index (χ1) is 12.5. The topological polar surface area (TPSA) is 72.5 Å². The van der Waals surface area contributed by atoms with E-state index in [1.165, 1.54) is 0 Å². The Bertz CT molecular complexity index is 998. The van der Waals surface area contributed by atoms with Crippen LogP contribution in [0.1, 0.15) is 18.1 Å². The summed E-state index contributed by atoms with van der Waals surface area (Å²) in [5.41, 5.74) is 10.6. The predicted octanol–water partition coefficient (Wildman–Crippen LogP) is 3.89. The average Bonchev–Trinajstić information content (AvgIpc) is 2.62. The van der Waals surface area contributed by atoms with Crippen molar-refractivity contribution >= 4 is 28.1 Å². The first kappa shape index (κ1) is 16.5. The molecule has 0 saturated heterocycles.